The molecular weight excluding hydrogens is 264 g/mol. The molecule has 1 aromatic heterocycles. The average Bonchev–Trinajstić information content (AvgIpc) is 3.22. The normalized spacial score (nSPS) is 14.2. The second-order valence-electron chi connectivity index (χ2n) is 5.71. The van der Waals surface area contributed by atoms with Crippen molar-refractivity contribution in [2.24, 2.45) is 7.05 Å². The van der Waals surface area contributed by atoms with Gasteiger partial charge in [-0.15, -0.1) is 0 Å². The first-order valence-corrected chi connectivity index (χ1v) is 7.19. The number of hydrogen-bond donors (Lipinski definition) is 1. The van der Waals surface area contributed by atoms with Crippen LogP contribution in [0.3, 0.4) is 0 Å². The first kappa shape index (κ1) is 13.7. The van der Waals surface area contributed by atoms with E-state index in [2.05, 4.69) is 4.98 Å². The first-order valence-electron chi connectivity index (χ1n) is 7.19. The Labute approximate surface area is 124 Å². The van der Waals surface area contributed by atoms with E-state index in [4.69, 9.17) is 5.73 Å². The first-order chi connectivity index (χ1) is 10.1. The summed E-state index contributed by atoms with van der Waals surface area (Å²) in [7, 11) is 1.94. The molecule has 2 N–H and O–H groups in total. The molecule has 1 aliphatic rings. The Morgan fingerprint density at radius 3 is 2.86 bits per heavy atom. The molecule has 2 aromatic rings. The number of aryl methyl sites for hydroxylation is 2. The van der Waals surface area contributed by atoms with Gasteiger partial charge in [0.2, 0.25) is 0 Å². The van der Waals surface area contributed by atoms with Gasteiger partial charge in [0.1, 0.15) is 5.82 Å². The largest absolute Gasteiger partial charge is 0.398 e. The highest BCUT2D eigenvalue weighted by Gasteiger charge is 2.34. The van der Waals surface area contributed by atoms with Crippen LogP contribution in [0.15, 0.2) is 30.6 Å². The predicted molar refractivity (Wildman–Crippen MR) is 81.7 cm³/mol. The van der Waals surface area contributed by atoms with Gasteiger partial charge in [0.15, 0.2) is 0 Å². The maximum atomic E-state index is 12.8. The van der Waals surface area contributed by atoms with Crippen LogP contribution >= 0.6 is 0 Å². The SMILES string of the molecule is Cc1ccc(N)c(C(=O)N(Cc2nccn2C)C2CC2)c1. The number of rotatable bonds is 4. The zero-order valence-electron chi connectivity index (χ0n) is 12.4. The molecule has 1 aliphatic carbocycles. The van der Waals surface area contributed by atoms with Gasteiger partial charge in [-0.2, -0.15) is 0 Å². The summed E-state index contributed by atoms with van der Waals surface area (Å²) in [5.74, 6) is 0.892. The fourth-order valence-electron chi connectivity index (χ4n) is 2.46. The Kier molecular flexibility index (Phi) is 3.41. The molecule has 0 saturated heterocycles. The zero-order valence-corrected chi connectivity index (χ0v) is 12.4. The van der Waals surface area contributed by atoms with Crippen LogP contribution in [-0.4, -0.2) is 26.4 Å². The van der Waals surface area contributed by atoms with E-state index in [0.717, 1.165) is 24.2 Å². The summed E-state index contributed by atoms with van der Waals surface area (Å²) >= 11 is 0. The molecule has 110 valence electrons. The number of hydrogen-bond acceptors (Lipinski definition) is 3. The minimum atomic E-state index is 0.00157. The van der Waals surface area contributed by atoms with Crippen molar-refractivity contribution >= 4 is 11.6 Å². The third kappa shape index (κ3) is 2.77. The smallest absolute Gasteiger partial charge is 0.256 e. The summed E-state index contributed by atoms with van der Waals surface area (Å²) in [6.07, 6.45) is 5.77. The maximum Gasteiger partial charge on any atom is 0.256 e. The molecule has 5 heteroatoms. The van der Waals surface area contributed by atoms with Crippen molar-refractivity contribution < 1.29 is 4.79 Å². The summed E-state index contributed by atoms with van der Waals surface area (Å²) in [6, 6.07) is 5.90. The van der Waals surface area contributed by atoms with E-state index in [1.165, 1.54) is 0 Å². The molecule has 0 aliphatic heterocycles. The van der Waals surface area contributed by atoms with E-state index in [1.54, 1.807) is 12.3 Å². The summed E-state index contributed by atoms with van der Waals surface area (Å²) in [4.78, 5) is 19.1. The standard InChI is InChI=1S/C16H20N4O/c1-11-3-6-14(17)13(9-11)16(21)20(12-4-5-12)10-15-18-7-8-19(15)2/h3,6-9,12H,4-5,10,17H2,1-2H3. The number of carbonyl (C=O) groups is 1. The van der Waals surface area contributed by atoms with E-state index >= 15 is 0 Å². The monoisotopic (exact) mass is 284 g/mol. The van der Waals surface area contributed by atoms with Crippen LogP contribution in [0.1, 0.15) is 34.6 Å². The lowest BCUT2D eigenvalue weighted by atomic mass is 10.1. The zero-order chi connectivity index (χ0) is 15.0. The van der Waals surface area contributed by atoms with Gasteiger partial charge in [-0.3, -0.25) is 4.79 Å². The number of imidazole rings is 1. The second kappa shape index (κ2) is 5.24. The van der Waals surface area contributed by atoms with Crippen molar-refractivity contribution in [3.05, 3.63) is 47.5 Å². The molecule has 5 nitrogen and oxygen atoms in total. The molecule has 21 heavy (non-hydrogen) atoms. The number of nitrogens with two attached hydrogens (primary N) is 1. The van der Waals surface area contributed by atoms with Gasteiger partial charge in [0, 0.05) is 31.2 Å². The number of benzene rings is 1. The Morgan fingerprint density at radius 1 is 1.48 bits per heavy atom. The fraction of sp³-hybridized carbons (Fsp3) is 0.375. The maximum absolute atomic E-state index is 12.8. The minimum absolute atomic E-state index is 0.00157. The van der Waals surface area contributed by atoms with Crippen molar-refractivity contribution in [2.45, 2.75) is 32.4 Å². The van der Waals surface area contributed by atoms with Crippen LogP contribution in [0.4, 0.5) is 5.69 Å². The minimum Gasteiger partial charge on any atom is -0.398 e. The van der Waals surface area contributed by atoms with Gasteiger partial charge in [-0.1, -0.05) is 11.6 Å². The Hall–Kier alpha value is -2.30. The topological polar surface area (TPSA) is 64.2 Å². The van der Waals surface area contributed by atoms with E-state index < -0.39 is 0 Å². The Bertz CT molecular complexity index is 673. The summed E-state index contributed by atoms with van der Waals surface area (Å²) in [6.45, 7) is 2.50. The third-order valence-electron chi connectivity index (χ3n) is 3.92. The van der Waals surface area contributed by atoms with E-state index in [9.17, 15) is 4.79 Å². The molecule has 3 rings (SSSR count). The average molecular weight is 284 g/mol. The lowest BCUT2D eigenvalue weighted by Gasteiger charge is -2.23. The van der Waals surface area contributed by atoms with E-state index in [1.807, 2.05) is 41.8 Å². The molecule has 1 fully saturated rings. The molecule has 0 bridgehead atoms. The van der Waals surface area contributed by atoms with Crippen molar-refractivity contribution in [3.63, 3.8) is 0 Å². The highest BCUT2D eigenvalue weighted by molar-refractivity contribution is 5.99. The van der Waals surface area contributed by atoms with E-state index in [-0.39, 0.29) is 5.91 Å². The van der Waals surface area contributed by atoms with Gasteiger partial charge in [-0.25, -0.2) is 4.98 Å². The van der Waals surface area contributed by atoms with Gasteiger partial charge in [0.25, 0.3) is 5.91 Å². The van der Waals surface area contributed by atoms with Crippen LogP contribution < -0.4 is 5.73 Å². The van der Waals surface area contributed by atoms with E-state index in [0.29, 0.717) is 23.8 Å². The molecule has 1 amide bonds. The Morgan fingerprint density at radius 2 is 2.24 bits per heavy atom. The summed E-state index contributed by atoms with van der Waals surface area (Å²) in [5, 5.41) is 0. The molecular formula is C16H20N4O. The second-order valence-corrected chi connectivity index (χ2v) is 5.71. The van der Waals surface area contributed by atoms with Crippen molar-refractivity contribution in [1.82, 2.24) is 14.5 Å². The van der Waals surface area contributed by atoms with Crippen LogP contribution in [0.5, 0.6) is 0 Å². The number of nitrogens with zero attached hydrogens (tertiary/aromatic N) is 3. The molecule has 0 spiro atoms. The number of nitrogen functional groups attached to an aromatic ring is 1. The predicted octanol–water partition coefficient (Wildman–Crippen LogP) is 2.12. The highest BCUT2D eigenvalue weighted by Crippen LogP contribution is 2.30. The summed E-state index contributed by atoms with van der Waals surface area (Å²) in [5.41, 5.74) is 8.16. The van der Waals surface area contributed by atoms with Crippen LogP contribution in [-0.2, 0) is 13.6 Å². The van der Waals surface area contributed by atoms with Crippen molar-refractivity contribution in [3.8, 4) is 0 Å². The fourth-order valence-corrected chi connectivity index (χ4v) is 2.46. The van der Waals surface area contributed by atoms with Crippen LogP contribution in [0.2, 0.25) is 0 Å². The molecule has 1 aromatic carbocycles. The quantitative estimate of drug-likeness (QED) is 0.875. The van der Waals surface area contributed by atoms with Crippen LogP contribution in [0, 0.1) is 6.92 Å². The number of aromatic nitrogens is 2. The number of anilines is 1. The molecule has 0 atom stereocenters. The van der Waals surface area contributed by atoms with Gasteiger partial charge < -0.3 is 15.2 Å². The lowest BCUT2D eigenvalue weighted by Crippen LogP contribution is -2.34. The van der Waals surface area contributed by atoms with Gasteiger partial charge in [-0.05, 0) is 31.9 Å². The molecule has 1 saturated carbocycles. The third-order valence-corrected chi connectivity index (χ3v) is 3.92. The summed E-state index contributed by atoms with van der Waals surface area (Å²) < 4.78 is 1.95. The van der Waals surface area contributed by atoms with Gasteiger partial charge >= 0.3 is 0 Å². The van der Waals surface area contributed by atoms with Crippen molar-refractivity contribution in [1.29, 1.82) is 0 Å². The highest BCUT2D eigenvalue weighted by atomic mass is 16.2. The Balaban J connectivity index is 1.88. The number of carbonyl (C=O) groups excluding carboxylic acids is 1. The van der Waals surface area contributed by atoms with Crippen LogP contribution in [0.25, 0.3) is 0 Å². The molecule has 1 heterocycles. The lowest BCUT2D eigenvalue weighted by molar-refractivity contribution is 0.0725. The van der Waals surface area contributed by atoms with Crippen molar-refractivity contribution in [2.75, 3.05) is 5.73 Å². The molecule has 0 unspecified atom stereocenters. The number of amides is 1. The molecule has 0 radical (unpaired) electrons. The van der Waals surface area contributed by atoms with Gasteiger partial charge in [0.05, 0.1) is 12.1 Å².